The fourth-order valence-corrected chi connectivity index (χ4v) is 0.732. The van der Waals surface area contributed by atoms with Crippen LogP contribution in [0.1, 0.15) is 0 Å². The quantitative estimate of drug-likeness (QED) is 0.593. The van der Waals surface area contributed by atoms with E-state index in [4.69, 9.17) is 0 Å². The molecule has 0 aliphatic carbocycles. The summed E-state index contributed by atoms with van der Waals surface area (Å²) in [4.78, 5) is 3.87. The molecule has 0 N–H and O–H groups in total. The van der Waals surface area contributed by atoms with Crippen LogP contribution in [0.25, 0.3) is 0 Å². The van der Waals surface area contributed by atoms with Crippen LogP contribution in [-0.4, -0.2) is 32.6 Å². The predicted octanol–water partition coefficient (Wildman–Crippen LogP) is 0.329. The number of nitrogens with zero attached hydrogens (tertiary/aromatic N) is 1. The molecule has 0 radical (unpaired) electrons. The molecule has 0 unspecified atom stereocenters. The molecular formula is C3H6F3NO3S. The Kier molecular flexibility index (Phi) is 2.86. The third-order valence-corrected chi connectivity index (χ3v) is 2.30. The molecule has 0 heterocycles. The van der Waals surface area contributed by atoms with E-state index in [1.165, 1.54) is 0 Å². The number of halogens is 3. The van der Waals surface area contributed by atoms with Gasteiger partial charge in [-0.3, -0.25) is 4.84 Å². The molecule has 0 fully saturated rings. The van der Waals surface area contributed by atoms with Gasteiger partial charge in [-0.1, -0.05) is 4.47 Å². The summed E-state index contributed by atoms with van der Waals surface area (Å²) >= 11 is 0. The zero-order valence-electron chi connectivity index (χ0n) is 5.71. The van der Waals surface area contributed by atoms with Gasteiger partial charge in [0.15, 0.2) is 0 Å². The van der Waals surface area contributed by atoms with Gasteiger partial charge in [-0.15, -0.1) is 0 Å². The Morgan fingerprint density at radius 3 is 1.82 bits per heavy atom. The topological polar surface area (TPSA) is 46.6 Å². The standard InChI is InChI=1S/C3H6F3NO3S/c1-7(10-2)11(8,9)3(4,5)6/h1-2H3. The van der Waals surface area contributed by atoms with Crippen LogP contribution in [0.15, 0.2) is 0 Å². The minimum Gasteiger partial charge on any atom is -0.288 e. The molecule has 0 atom stereocenters. The van der Waals surface area contributed by atoms with Crippen LogP contribution < -0.4 is 0 Å². The lowest BCUT2D eigenvalue weighted by Gasteiger charge is -2.15. The van der Waals surface area contributed by atoms with E-state index in [0.717, 1.165) is 7.11 Å². The van der Waals surface area contributed by atoms with Crippen molar-refractivity contribution >= 4 is 10.0 Å². The Labute approximate surface area is 61.6 Å². The maximum absolute atomic E-state index is 11.6. The van der Waals surface area contributed by atoms with Gasteiger partial charge in [0.1, 0.15) is 0 Å². The third-order valence-electron chi connectivity index (χ3n) is 0.888. The summed E-state index contributed by atoms with van der Waals surface area (Å²) in [5.74, 6) is 0. The van der Waals surface area contributed by atoms with Crippen molar-refractivity contribution in [1.82, 2.24) is 4.47 Å². The average molecular weight is 193 g/mol. The average Bonchev–Trinajstić information content (AvgIpc) is 1.83. The highest BCUT2D eigenvalue weighted by molar-refractivity contribution is 7.89. The van der Waals surface area contributed by atoms with Gasteiger partial charge in [0.2, 0.25) is 0 Å². The second kappa shape index (κ2) is 2.95. The zero-order valence-corrected chi connectivity index (χ0v) is 6.53. The Balaban J connectivity index is 4.77. The van der Waals surface area contributed by atoms with E-state index in [-0.39, 0.29) is 4.47 Å². The Hall–Kier alpha value is -0.340. The van der Waals surface area contributed by atoms with Crippen molar-refractivity contribution in [2.45, 2.75) is 5.51 Å². The number of sulfonamides is 1. The first-order valence-electron chi connectivity index (χ1n) is 2.33. The molecule has 8 heteroatoms. The molecular weight excluding hydrogens is 187 g/mol. The minimum absolute atomic E-state index is 0.257. The van der Waals surface area contributed by atoms with Crippen molar-refractivity contribution in [3.8, 4) is 0 Å². The first-order valence-corrected chi connectivity index (χ1v) is 3.77. The fourth-order valence-electron chi connectivity index (χ4n) is 0.244. The molecule has 0 aromatic rings. The van der Waals surface area contributed by atoms with E-state index in [0.29, 0.717) is 7.05 Å². The first-order chi connectivity index (χ1) is 4.73. The Morgan fingerprint density at radius 1 is 1.36 bits per heavy atom. The molecule has 0 bridgehead atoms. The highest BCUT2D eigenvalue weighted by Gasteiger charge is 2.49. The molecule has 0 aliphatic rings. The highest BCUT2D eigenvalue weighted by Crippen LogP contribution is 2.25. The van der Waals surface area contributed by atoms with E-state index < -0.39 is 15.5 Å². The molecule has 0 aliphatic heterocycles. The second-order valence-corrected chi connectivity index (χ2v) is 3.47. The number of hydroxylamine groups is 1. The summed E-state index contributed by atoms with van der Waals surface area (Å²) < 4.78 is 54.9. The van der Waals surface area contributed by atoms with Crippen molar-refractivity contribution in [2.24, 2.45) is 0 Å². The van der Waals surface area contributed by atoms with Crippen LogP contribution in [0.4, 0.5) is 13.2 Å². The maximum Gasteiger partial charge on any atom is 0.513 e. The van der Waals surface area contributed by atoms with E-state index in [9.17, 15) is 21.6 Å². The van der Waals surface area contributed by atoms with Crippen molar-refractivity contribution in [3.05, 3.63) is 0 Å². The molecule has 0 spiro atoms. The number of hydrogen-bond donors (Lipinski definition) is 0. The van der Waals surface area contributed by atoms with Crippen LogP contribution in [0, 0.1) is 0 Å². The fraction of sp³-hybridized carbons (Fsp3) is 1.00. The lowest BCUT2D eigenvalue weighted by atomic mass is 11.5. The van der Waals surface area contributed by atoms with Crippen LogP contribution in [-0.2, 0) is 14.9 Å². The minimum atomic E-state index is -5.32. The number of hydrogen-bond acceptors (Lipinski definition) is 3. The molecule has 0 amide bonds. The Bertz CT molecular complexity index is 220. The zero-order chi connectivity index (χ0) is 9.28. The van der Waals surface area contributed by atoms with Gasteiger partial charge in [0, 0.05) is 7.05 Å². The van der Waals surface area contributed by atoms with E-state index in [1.54, 1.807) is 0 Å². The van der Waals surface area contributed by atoms with Gasteiger partial charge in [-0.05, 0) is 0 Å². The summed E-state index contributed by atoms with van der Waals surface area (Å²) in [6, 6.07) is 0. The van der Waals surface area contributed by atoms with Crippen LogP contribution in [0.2, 0.25) is 0 Å². The normalized spacial score (nSPS) is 14.0. The molecule has 0 saturated carbocycles. The monoisotopic (exact) mass is 193 g/mol. The van der Waals surface area contributed by atoms with Gasteiger partial charge in [-0.2, -0.15) is 13.2 Å². The highest BCUT2D eigenvalue weighted by atomic mass is 32.2. The van der Waals surface area contributed by atoms with Crippen molar-refractivity contribution < 1.29 is 26.4 Å². The lowest BCUT2D eigenvalue weighted by Crippen LogP contribution is -2.37. The lowest BCUT2D eigenvalue weighted by molar-refractivity contribution is -0.0821. The molecule has 11 heavy (non-hydrogen) atoms. The van der Waals surface area contributed by atoms with Crippen molar-refractivity contribution in [3.63, 3.8) is 0 Å². The molecule has 68 valence electrons. The maximum atomic E-state index is 11.6. The van der Waals surface area contributed by atoms with Gasteiger partial charge >= 0.3 is 15.5 Å². The smallest absolute Gasteiger partial charge is 0.288 e. The molecule has 0 aromatic carbocycles. The van der Waals surface area contributed by atoms with Crippen LogP contribution in [0.5, 0.6) is 0 Å². The van der Waals surface area contributed by atoms with Gasteiger partial charge in [-0.25, -0.2) is 8.42 Å². The third kappa shape index (κ3) is 2.04. The summed E-state index contributed by atoms with van der Waals surface area (Å²) in [6.45, 7) is 0. The number of rotatable bonds is 2. The van der Waals surface area contributed by atoms with Gasteiger partial charge in [0.05, 0.1) is 7.11 Å². The van der Waals surface area contributed by atoms with Gasteiger partial charge in [0.25, 0.3) is 0 Å². The summed E-state index contributed by atoms with van der Waals surface area (Å²) in [5.41, 5.74) is -5.31. The molecule has 0 aromatic heterocycles. The van der Waals surface area contributed by atoms with Crippen LogP contribution >= 0.6 is 0 Å². The first kappa shape index (κ1) is 10.7. The van der Waals surface area contributed by atoms with E-state index in [1.807, 2.05) is 0 Å². The number of alkyl halides is 3. The van der Waals surface area contributed by atoms with Crippen molar-refractivity contribution in [1.29, 1.82) is 0 Å². The summed E-state index contributed by atoms with van der Waals surface area (Å²) in [7, 11) is -3.84. The summed E-state index contributed by atoms with van der Waals surface area (Å²) in [6.07, 6.45) is 0. The second-order valence-electron chi connectivity index (χ2n) is 1.54. The Morgan fingerprint density at radius 2 is 1.73 bits per heavy atom. The largest absolute Gasteiger partial charge is 0.513 e. The molecule has 0 rings (SSSR count). The molecule has 4 nitrogen and oxygen atoms in total. The SMILES string of the molecule is CON(C)S(=O)(=O)C(F)(F)F. The van der Waals surface area contributed by atoms with Gasteiger partial charge < -0.3 is 0 Å². The van der Waals surface area contributed by atoms with Crippen LogP contribution in [0.3, 0.4) is 0 Å². The van der Waals surface area contributed by atoms with Crippen molar-refractivity contribution in [2.75, 3.05) is 14.2 Å². The summed E-state index contributed by atoms with van der Waals surface area (Å²) in [5, 5.41) is 0. The molecule has 0 saturated heterocycles. The van der Waals surface area contributed by atoms with E-state index >= 15 is 0 Å². The van der Waals surface area contributed by atoms with E-state index in [2.05, 4.69) is 4.84 Å². The predicted molar refractivity (Wildman–Crippen MR) is 29.7 cm³/mol.